The first kappa shape index (κ1) is 12.9. The lowest BCUT2D eigenvalue weighted by Crippen LogP contribution is -2.45. The van der Waals surface area contributed by atoms with Gasteiger partial charge in [0.1, 0.15) is 0 Å². The molecule has 1 aromatic heterocycles. The second kappa shape index (κ2) is 5.87. The van der Waals surface area contributed by atoms with E-state index in [2.05, 4.69) is 11.4 Å². The molecule has 2 heterocycles. The van der Waals surface area contributed by atoms with Gasteiger partial charge in [0.05, 0.1) is 12.1 Å². The van der Waals surface area contributed by atoms with Crippen LogP contribution in [0.1, 0.15) is 31.4 Å². The van der Waals surface area contributed by atoms with Gasteiger partial charge in [0.2, 0.25) is 0 Å². The lowest BCUT2D eigenvalue weighted by Gasteiger charge is -2.30. The van der Waals surface area contributed by atoms with E-state index < -0.39 is 0 Å². The third-order valence-electron chi connectivity index (χ3n) is 3.35. The molecule has 18 heavy (non-hydrogen) atoms. The topological polar surface area (TPSA) is 56.1 Å². The fraction of sp³-hybridized carbons (Fsp3) is 0.538. The SMILES string of the molecule is C[C@@H](NC(=O)N1CCC(C#N)CC1)c1ccsc1. The Morgan fingerprint density at radius 1 is 1.61 bits per heavy atom. The third kappa shape index (κ3) is 3.02. The number of thiophene rings is 1. The normalized spacial score (nSPS) is 18.1. The monoisotopic (exact) mass is 263 g/mol. The Hall–Kier alpha value is -1.54. The van der Waals surface area contributed by atoms with Gasteiger partial charge in [-0.15, -0.1) is 0 Å². The van der Waals surface area contributed by atoms with Crippen molar-refractivity contribution in [1.29, 1.82) is 5.26 Å². The number of likely N-dealkylation sites (tertiary alicyclic amines) is 1. The minimum atomic E-state index is -0.0231. The molecule has 0 radical (unpaired) electrons. The summed E-state index contributed by atoms with van der Waals surface area (Å²) in [6.07, 6.45) is 1.58. The summed E-state index contributed by atoms with van der Waals surface area (Å²) in [7, 11) is 0. The molecule has 96 valence electrons. The van der Waals surface area contributed by atoms with Crippen molar-refractivity contribution in [3.05, 3.63) is 22.4 Å². The van der Waals surface area contributed by atoms with E-state index >= 15 is 0 Å². The molecule has 4 nitrogen and oxygen atoms in total. The molecule has 0 spiro atoms. The van der Waals surface area contributed by atoms with E-state index in [4.69, 9.17) is 5.26 Å². The molecule has 2 rings (SSSR count). The quantitative estimate of drug-likeness (QED) is 0.892. The fourth-order valence-corrected chi connectivity index (χ4v) is 2.85. The smallest absolute Gasteiger partial charge is 0.317 e. The van der Waals surface area contributed by atoms with Crippen LogP contribution in [0.3, 0.4) is 0 Å². The van der Waals surface area contributed by atoms with E-state index in [-0.39, 0.29) is 18.0 Å². The Kier molecular flexibility index (Phi) is 4.21. The van der Waals surface area contributed by atoms with Gasteiger partial charge >= 0.3 is 6.03 Å². The zero-order chi connectivity index (χ0) is 13.0. The Bertz CT molecular complexity index is 430. The van der Waals surface area contributed by atoms with Crippen molar-refractivity contribution in [2.24, 2.45) is 5.92 Å². The number of nitrogens with one attached hydrogen (secondary N) is 1. The van der Waals surface area contributed by atoms with Crippen molar-refractivity contribution in [2.45, 2.75) is 25.8 Å². The van der Waals surface area contributed by atoms with Gasteiger partial charge in [0.15, 0.2) is 0 Å². The van der Waals surface area contributed by atoms with Crippen LogP contribution >= 0.6 is 11.3 Å². The molecule has 1 saturated heterocycles. The molecule has 1 aliphatic heterocycles. The Labute approximate surface area is 111 Å². The Morgan fingerprint density at radius 2 is 2.33 bits per heavy atom. The number of hydrogen-bond acceptors (Lipinski definition) is 3. The zero-order valence-corrected chi connectivity index (χ0v) is 11.2. The number of nitrogens with zero attached hydrogens (tertiary/aromatic N) is 2. The van der Waals surface area contributed by atoms with E-state index in [1.54, 1.807) is 16.2 Å². The van der Waals surface area contributed by atoms with Gasteiger partial charge in [-0.1, -0.05) is 0 Å². The van der Waals surface area contributed by atoms with Gasteiger partial charge in [-0.3, -0.25) is 0 Å². The van der Waals surface area contributed by atoms with Gasteiger partial charge < -0.3 is 10.2 Å². The van der Waals surface area contributed by atoms with Crippen LogP contribution in [0.5, 0.6) is 0 Å². The van der Waals surface area contributed by atoms with Gasteiger partial charge in [-0.25, -0.2) is 4.79 Å². The number of urea groups is 1. The maximum atomic E-state index is 12.0. The highest BCUT2D eigenvalue weighted by Gasteiger charge is 2.23. The summed E-state index contributed by atoms with van der Waals surface area (Å²) in [6, 6.07) is 4.31. The lowest BCUT2D eigenvalue weighted by molar-refractivity contribution is 0.176. The van der Waals surface area contributed by atoms with Crippen LogP contribution < -0.4 is 5.32 Å². The first-order valence-electron chi connectivity index (χ1n) is 6.18. The van der Waals surface area contributed by atoms with Crippen molar-refractivity contribution in [2.75, 3.05) is 13.1 Å². The molecule has 1 aliphatic rings. The highest BCUT2D eigenvalue weighted by molar-refractivity contribution is 7.07. The van der Waals surface area contributed by atoms with Crippen LogP contribution in [0.25, 0.3) is 0 Å². The fourth-order valence-electron chi connectivity index (χ4n) is 2.09. The summed E-state index contributed by atoms with van der Waals surface area (Å²) in [6.45, 7) is 3.35. The molecule has 1 N–H and O–H groups in total. The van der Waals surface area contributed by atoms with Crippen molar-refractivity contribution in [1.82, 2.24) is 10.2 Å². The largest absolute Gasteiger partial charge is 0.331 e. The molecule has 0 bridgehead atoms. The number of carbonyl (C=O) groups excluding carboxylic acids is 1. The highest BCUT2D eigenvalue weighted by atomic mass is 32.1. The summed E-state index contributed by atoms with van der Waals surface area (Å²) in [5.74, 6) is 0.114. The van der Waals surface area contributed by atoms with Crippen molar-refractivity contribution in [3.8, 4) is 6.07 Å². The van der Waals surface area contributed by atoms with E-state index in [9.17, 15) is 4.79 Å². The maximum Gasteiger partial charge on any atom is 0.317 e. The molecule has 5 heteroatoms. The standard InChI is InChI=1S/C13H17N3OS/c1-10(12-4-7-18-9-12)15-13(17)16-5-2-11(8-14)3-6-16/h4,7,9-11H,2-3,5-6H2,1H3,(H,15,17)/t10-/m1/s1. The zero-order valence-electron chi connectivity index (χ0n) is 10.4. The molecule has 1 atom stereocenters. The van der Waals surface area contributed by atoms with Crippen molar-refractivity contribution < 1.29 is 4.79 Å². The average molecular weight is 263 g/mol. The van der Waals surface area contributed by atoms with Crippen LogP contribution in [0.15, 0.2) is 16.8 Å². The van der Waals surface area contributed by atoms with Crippen molar-refractivity contribution >= 4 is 17.4 Å². The third-order valence-corrected chi connectivity index (χ3v) is 4.05. The maximum absolute atomic E-state index is 12.0. The number of hydrogen-bond donors (Lipinski definition) is 1. The number of nitriles is 1. The molecule has 1 aromatic rings. The summed E-state index contributed by atoms with van der Waals surface area (Å²) in [5.41, 5.74) is 1.14. The molecule has 2 amide bonds. The first-order chi connectivity index (χ1) is 8.70. The van der Waals surface area contributed by atoms with Crippen LogP contribution in [-0.4, -0.2) is 24.0 Å². The van der Waals surface area contributed by atoms with E-state index in [1.165, 1.54) is 0 Å². The van der Waals surface area contributed by atoms with Gasteiger partial charge in [-0.05, 0) is 42.2 Å². The predicted molar refractivity (Wildman–Crippen MR) is 71.2 cm³/mol. The number of amides is 2. The summed E-state index contributed by atoms with van der Waals surface area (Å²) in [4.78, 5) is 13.8. The van der Waals surface area contributed by atoms with E-state index in [1.807, 2.05) is 23.8 Å². The van der Waals surface area contributed by atoms with Gasteiger partial charge in [-0.2, -0.15) is 16.6 Å². The Balaban J connectivity index is 1.84. The molecule has 0 aromatic carbocycles. The molecular formula is C13H17N3OS. The summed E-state index contributed by atoms with van der Waals surface area (Å²) >= 11 is 1.63. The van der Waals surface area contributed by atoms with Gasteiger partial charge in [0, 0.05) is 19.0 Å². The molecule has 0 aliphatic carbocycles. The van der Waals surface area contributed by atoms with Crippen LogP contribution in [0, 0.1) is 17.2 Å². The molecular weight excluding hydrogens is 246 g/mol. The number of rotatable bonds is 2. The lowest BCUT2D eigenvalue weighted by atomic mass is 9.99. The second-order valence-corrected chi connectivity index (χ2v) is 5.40. The van der Waals surface area contributed by atoms with Crippen LogP contribution in [-0.2, 0) is 0 Å². The van der Waals surface area contributed by atoms with Crippen LogP contribution in [0.4, 0.5) is 4.79 Å². The predicted octanol–water partition coefficient (Wildman–Crippen LogP) is 2.75. The van der Waals surface area contributed by atoms with E-state index in [0.29, 0.717) is 13.1 Å². The highest BCUT2D eigenvalue weighted by Crippen LogP contribution is 2.18. The number of carbonyl (C=O) groups is 1. The second-order valence-electron chi connectivity index (χ2n) is 4.62. The van der Waals surface area contributed by atoms with Gasteiger partial charge in [0.25, 0.3) is 0 Å². The number of piperidine rings is 1. The van der Waals surface area contributed by atoms with E-state index in [0.717, 1.165) is 18.4 Å². The first-order valence-corrected chi connectivity index (χ1v) is 7.12. The van der Waals surface area contributed by atoms with Crippen LogP contribution in [0.2, 0.25) is 0 Å². The molecule has 1 fully saturated rings. The minimum Gasteiger partial charge on any atom is -0.331 e. The van der Waals surface area contributed by atoms with Crippen molar-refractivity contribution in [3.63, 3.8) is 0 Å². The molecule has 0 saturated carbocycles. The minimum absolute atomic E-state index is 0.0231. The molecule has 0 unspecified atom stereocenters. The average Bonchev–Trinajstić information content (AvgIpc) is 2.92. The Morgan fingerprint density at radius 3 is 2.89 bits per heavy atom. The summed E-state index contributed by atoms with van der Waals surface area (Å²) in [5, 5.41) is 15.9. The summed E-state index contributed by atoms with van der Waals surface area (Å²) < 4.78 is 0.